The van der Waals surface area contributed by atoms with E-state index in [-0.39, 0.29) is 6.04 Å². The van der Waals surface area contributed by atoms with Gasteiger partial charge in [-0.25, -0.2) is 0 Å². The van der Waals surface area contributed by atoms with Crippen molar-refractivity contribution in [3.05, 3.63) is 29.8 Å². The fourth-order valence-corrected chi connectivity index (χ4v) is 1.82. The van der Waals surface area contributed by atoms with Crippen molar-refractivity contribution in [3.63, 3.8) is 0 Å². The summed E-state index contributed by atoms with van der Waals surface area (Å²) < 4.78 is 5.70. The Morgan fingerprint density at radius 1 is 1.25 bits per heavy atom. The summed E-state index contributed by atoms with van der Waals surface area (Å²) in [7, 11) is 0. The second-order valence-electron chi connectivity index (χ2n) is 5.12. The van der Waals surface area contributed by atoms with Crippen LogP contribution in [0.2, 0.25) is 0 Å². The predicted molar refractivity (Wildman–Crippen MR) is 66.5 cm³/mol. The third-order valence-electron chi connectivity index (χ3n) is 2.86. The first kappa shape index (κ1) is 11.5. The summed E-state index contributed by atoms with van der Waals surface area (Å²) >= 11 is 0. The van der Waals surface area contributed by atoms with E-state index in [1.54, 1.807) is 0 Å². The topological polar surface area (TPSA) is 35.2 Å². The van der Waals surface area contributed by atoms with Crippen LogP contribution in [0.4, 0.5) is 0 Å². The molecule has 1 saturated carbocycles. The summed E-state index contributed by atoms with van der Waals surface area (Å²) in [5, 5.41) is 0. The van der Waals surface area contributed by atoms with E-state index in [9.17, 15) is 0 Å². The average molecular weight is 219 g/mol. The Balaban J connectivity index is 1.94. The summed E-state index contributed by atoms with van der Waals surface area (Å²) in [6.07, 6.45) is 3.90. The van der Waals surface area contributed by atoms with Crippen molar-refractivity contribution in [3.8, 4) is 5.75 Å². The predicted octanol–water partition coefficient (Wildman–Crippen LogP) is 3.27. The molecule has 1 aliphatic rings. The standard InChI is InChI=1S/C14H21NO/c1-10(2)9-14(15)11-3-5-12(6-4-11)16-13-7-8-13/h3-6,10,13-14H,7-9,15H2,1-2H3. The largest absolute Gasteiger partial charge is 0.490 e. The molecular weight excluding hydrogens is 198 g/mol. The molecule has 1 unspecified atom stereocenters. The van der Waals surface area contributed by atoms with E-state index in [1.165, 1.54) is 18.4 Å². The van der Waals surface area contributed by atoms with Crippen molar-refractivity contribution in [1.82, 2.24) is 0 Å². The van der Waals surface area contributed by atoms with Gasteiger partial charge in [0.1, 0.15) is 5.75 Å². The van der Waals surface area contributed by atoms with Gasteiger partial charge in [0.25, 0.3) is 0 Å². The van der Waals surface area contributed by atoms with Gasteiger partial charge in [0.2, 0.25) is 0 Å². The lowest BCUT2D eigenvalue weighted by atomic mass is 9.98. The maximum absolute atomic E-state index is 6.12. The number of benzene rings is 1. The lowest BCUT2D eigenvalue weighted by Gasteiger charge is -2.15. The first-order chi connectivity index (χ1) is 7.65. The van der Waals surface area contributed by atoms with E-state index in [2.05, 4.69) is 26.0 Å². The molecule has 0 aromatic heterocycles. The Hall–Kier alpha value is -1.02. The maximum atomic E-state index is 6.12. The third kappa shape index (κ3) is 3.24. The van der Waals surface area contributed by atoms with Gasteiger partial charge in [-0.1, -0.05) is 26.0 Å². The maximum Gasteiger partial charge on any atom is 0.119 e. The number of nitrogens with two attached hydrogens (primary N) is 1. The number of hydrogen-bond acceptors (Lipinski definition) is 2. The molecule has 1 aromatic rings. The Bertz CT molecular complexity index is 327. The van der Waals surface area contributed by atoms with Crippen LogP contribution in [0.3, 0.4) is 0 Å². The monoisotopic (exact) mass is 219 g/mol. The van der Waals surface area contributed by atoms with Gasteiger partial charge in [-0.3, -0.25) is 0 Å². The van der Waals surface area contributed by atoms with Crippen molar-refractivity contribution < 1.29 is 4.74 Å². The molecule has 88 valence electrons. The van der Waals surface area contributed by atoms with E-state index in [4.69, 9.17) is 10.5 Å². The highest BCUT2D eigenvalue weighted by Crippen LogP contribution is 2.28. The highest BCUT2D eigenvalue weighted by atomic mass is 16.5. The van der Waals surface area contributed by atoms with Crippen LogP contribution in [0.1, 0.15) is 44.7 Å². The molecule has 0 aliphatic heterocycles. The van der Waals surface area contributed by atoms with E-state index in [0.29, 0.717) is 12.0 Å². The molecule has 1 fully saturated rings. The molecule has 0 radical (unpaired) electrons. The minimum absolute atomic E-state index is 0.148. The molecule has 16 heavy (non-hydrogen) atoms. The molecule has 0 saturated heterocycles. The zero-order valence-electron chi connectivity index (χ0n) is 10.1. The Morgan fingerprint density at radius 3 is 2.38 bits per heavy atom. The summed E-state index contributed by atoms with van der Waals surface area (Å²) in [5.74, 6) is 1.61. The van der Waals surface area contributed by atoms with Gasteiger partial charge in [-0.15, -0.1) is 0 Å². The number of ether oxygens (including phenoxy) is 1. The zero-order chi connectivity index (χ0) is 11.5. The first-order valence-electron chi connectivity index (χ1n) is 6.17. The lowest BCUT2D eigenvalue weighted by molar-refractivity contribution is 0.303. The van der Waals surface area contributed by atoms with Crippen LogP contribution >= 0.6 is 0 Å². The van der Waals surface area contributed by atoms with Gasteiger partial charge >= 0.3 is 0 Å². The van der Waals surface area contributed by atoms with Crippen molar-refractivity contribution in [2.75, 3.05) is 0 Å². The van der Waals surface area contributed by atoms with E-state index in [1.807, 2.05) is 12.1 Å². The number of hydrogen-bond donors (Lipinski definition) is 1. The second-order valence-corrected chi connectivity index (χ2v) is 5.12. The molecule has 2 heteroatoms. The molecule has 1 atom stereocenters. The normalized spacial score (nSPS) is 17.5. The smallest absolute Gasteiger partial charge is 0.119 e. The zero-order valence-corrected chi connectivity index (χ0v) is 10.1. The third-order valence-corrected chi connectivity index (χ3v) is 2.86. The molecule has 0 heterocycles. The van der Waals surface area contributed by atoms with Gasteiger partial charge in [0.05, 0.1) is 6.10 Å². The number of rotatable bonds is 5. The van der Waals surface area contributed by atoms with Crippen molar-refractivity contribution in [2.24, 2.45) is 11.7 Å². The molecule has 0 amide bonds. The van der Waals surface area contributed by atoms with Gasteiger partial charge in [-0.05, 0) is 42.9 Å². The molecule has 2 N–H and O–H groups in total. The minimum Gasteiger partial charge on any atom is -0.490 e. The summed E-state index contributed by atoms with van der Waals surface area (Å²) in [6.45, 7) is 4.40. The molecule has 2 nitrogen and oxygen atoms in total. The van der Waals surface area contributed by atoms with Crippen molar-refractivity contribution in [1.29, 1.82) is 0 Å². The van der Waals surface area contributed by atoms with Crippen LogP contribution in [-0.4, -0.2) is 6.10 Å². The summed E-state index contributed by atoms with van der Waals surface area (Å²) in [4.78, 5) is 0. The lowest BCUT2D eigenvalue weighted by Crippen LogP contribution is -2.12. The Kier molecular flexibility index (Phi) is 3.49. The molecule has 1 aliphatic carbocycles. The van der Waals surface area contributed by atoms with Crippen LogP contribution < -0.4 is 10.5 Å². The van der Waals surface area contributed by atoms with Gasteiger partial charge in [0, 0.05) is 6.04 Å². The van der Waals surface area contributed by atoms with Crippen LogP contribution in [0.25, 0.3) is 0 Å². The van der Waals surface area contributed by atoms with E-state index < -0.39 is 0 Å². The molecule has 1 aromatic carbocycles. The average Bonchev–Trinajstić information content (AvgIpc) is 3.01. The molecule has 0 bridgehead atoms. The first-order valence-corrected chi connectivity index (χ1v) is 6.17. The van der Waals surface area contributed by atoms with Gasteiger partial charge < -0.3 is 10.5 Å². The SMILES string of the molecule is CC(C)CC(N)c1ccc(OC2CC2)cc1. The minimum atomic E-state index is 0.148. The highest BCUT2D eigenvalue weighted by molar-refractivity contribution is 5.29. The quantitative estimate of drug-likeness (QED) is 0.825. The molecule has 0 spiro atoms. The summed E-state index contributed by atoms with van der Waals surface area (Å²) in [5.41, 5.74) is 7.32. The van der Waals surface area contributed by atoms with E-state index in [0.717, 1.165) is 12.2 Å². The fraction of sp³-hybridized carbons (Fsp3) is 0.571. The van der Waals surface area contributed by atoms with Crippen molar-refractivity contribution in [2.45, 2.75) is 45.3 Å². The Morgan fingerprint density at radius 2 is 1.88 bits per heavy atom. The van der Waals surface area contributed by atoms with Crippen LogP contribution in [0, 0.1) is 5.92 Å². The van der Waals surface area contributed by atoms with Gasteiger partial charge in [0.15, 0.2) is 0 Å². The second kappa shape index (κ2) is 4.88. The van der Waals surface area contributed by atoms with E-state index >= 15 is 0 Å². The molecule has 2 rings (SSSR count). The Labute approximate surface area is 97.8 Å². The van der Waals surface area contributed by atoms with Crippen molar-refractivity contribution >= 4 is 0 Å². The molecular formula is C14H21NO. The van der Waals surface area contributed by atoms with Crippen LogP contribution in [-0.2, 0) is 0 Å². The van der Waals surface area contributed by atoms with Crippen LogP contribution in [0.5, 0.6) is 5.75 Å². The van der Waals surface area contributed by atoms with Gasteiger partial charge in [-0.2, -0.15) is 0 Å². The fourth-order valence-electron chi connectivity index (χ4n) is 1.82. The van der Waals surface area contributed by atoms with Crippen LogP contribution in [0.15, 0.2) is 24.3 Å². The summed E-state index contributed by atoms with van der Waals surface area (Å²) in [6, 6.07) is 8.40. The highest BCUT2D eigenvalue weighted by Gasteiger charge is 2.23.